The smallest absolute Gasteiger partial charge is 0.166 e. The molecule has 0 aromatic heterocycles. The van der Waals surface area contributed by atoms with E-state index in [-0.39, 0.29) is 17.3 Å². The van der Waals surface area contributed by atoms with Gasteiger partial charge in [0.25, 0.3) is 0 Å². The SMILES string of the molecule is COc1cc(O)c2c(O)c3c(cc2c1)CCCC3=O. The summed E-state index contributed by atoms with van der Waals surface area (Å²) in [7, 11) is 1.52. The molecule has 0 atom stereocenters. The van der Waals surface area contributed by atoms with E-state index in [1.807, 2.05) is 6.07 Å². The minimum atomic E-state index is -0.114. The number of ketones is 1. The Hall–Kier alpha value is -2.23. The van der Waals surface area contributed by atoms with Gasteiger partial charge in [-0.25, -0.2) is 0 Å². The first-order valence-corrected chi connectivity index (χ1v) is 6.20. The molecule has 4 nitrogen and oxygen atoms in total. The summed E-state index contributed by atoms with van der Waals surface area (Å²) in [6, 6.07) is 5.03. The lowest BCUT2D eigenvalue weighted by molar-refractivity contribution is 0.0970. The van der Waals surface area contributed by atoms with Gasteiger partial charge < -0.3 is 14.9 Å². The average molecular weight is 258 g/mol. The van der Waals surface area contributed by atoms with Crippen molar-refractivity contribution in [2.24, 2.45) is 0 Å². The van der Waals surface area contributed by atoms with Crippen LogP contribution in [0, 0.1) is 0 Å². The number of aryl methyl sites for hydroxylation is 1. The average Bonchev–Trinajstić information content (AvgIpc) is 2.37. The van der Waals surface area contributed by atoms with Gasteiger partial charge in [0.2, 0.25) is 0 Å². The molecule has 2 N–H and O–H groups in total. The van der Waals surface area contributed by atoms with Crippen molar-refractivity contribution in [3.8, 4) is 17.2 Å². The maximum Gasteiger partial charge on any atom is 0.166 e. The molecule has 19 heavy (non-hydrogen) atoms. The molecule has 0 heterocycles. The van der Waals surface area contributed by atoms with Crippen molar-refractivity contribution in [1.29, 1.82) is 0 Å². The molecule has 98 valence electrons. The van der Waals surface area contributed by atoms with Gasteiger partial charge in [-0.05, 0) is 35.9 Å². The summed E-state index contributed by atoms with van der Waals surface area (Å²) >= 11 is 0. The fourth-order valence-corrected chi connectivity index (χ4v) is 2.72. The predicted molar refractivity (Wildman–Crippen MR) is 71.1 cm³/mol. The highest BCUT2D eigenvalue weighted by atomic mass is 16.5. The summed E-state index contributed by atoms with van der Waals surface area (Å²) < 4.78 is 5.10. The number of phenolic OH excluding ortho intramolecular Hbond substituents is 2. The van der Waals surface area contributed by atoms with Gasteiger partial charge in [0.1, 0.15) is 17.2 Å². The van der Waals surface area contributed by atoms with Crippen molar-refractivity contribution in [3.63, 3.8) is 0 Å². The molecule has 2 aromatic rings. The highest BCUT2D eigenvalue weighted by molar-refractivity contribution is 6.08. The zero-order valence-corrected chi connectivity index (χ0v) is 10.6. The van der Waals surface area contributed by atoms with Crippen LogP contribution in [0.3, 0.4) is 0 Å². The van der Waals surface area contributed by atoms with Crippen LogP contribution < -0.4 is 4.74 Å². The quantitative estimate of drug-likeness (QED) is 0.825. The fraction of sp³-hybridized carbons (Fsp3) is 0.267. The van der Waals surface area contributed by atoms with Crippen molar-refractivity contribution in [2.75, 3.05) is 7.11 Å². The Balaban J connectivity index is 2.39. The van der Waals surface area contributed by atoms with E-state index < -0.39 is 0 Å². The van der Waals surface area contributed by atoms with Crippen LogP contribution >= 0.6 is 0 Å². The van der Waals surface area contributed by atoms with Crippen LogP contribution in [0.2, 0.25) is 0 Å². The maximum absolute atomic E-state index is 11.9. The normalized spacial score (nSPS) is 14.5. The topological polar surface area (TPSA) is 66.8 Å². The molecule has 0 radical (unpaired) electrons. The largest absolute Gasteiger partial charge is 0.507 e. The summed E-state index contributed by atoms with van der Waals surface area (Å²) in [6.45, 7) is 0. The number of fused-ring (bicyclic) bond motifs is 2. The second-order valence-electron chi connectivity index (χ2n) is 4.78. The van der Waals surface area contributed by atoms with Gasteiger partial charge in [-0.3, -0.25) is 4.79 Å². The third-order valence-corrected chi connectivity index (χ3v) is 3.61. The van der Waals surface area contributed by atoms with Gasteiger partial charge in [-0.2, -0.15) is 0 Å². The van der Waals surface area contributed by atoms with E-state index in [4.69, 9.17) is 4.74 Å². The van der Waals surface area contributed by atoms with Gasteiger partial charge in [0, 0.05) is 12.5 Å². The van der Waals surface area contributed by atoms with E-state index in [1.54, 1.807) is 6.07 Å². The first-order chi connectivity index (χ1) is 9.11. The van der Waals surface area contributed by atoms with Crippen LogP contribution in [0.5, 0.6) is 17.2 Å². The molecule has 0 spiro atoms. The van der Waals surface area contributed by atoms with E-state index >= 15 is 0 Å². The molecule has 3 rings (SSSR count). The van der Waals surface area contributed by atoms with Gasteiger partial charge >= 0.3 is 0 Å². The standard InChI is InChI=1S/C15H14O4/c1-19-10-6-9-5-8-3-2-4-11(16)13(8)15(18)14(9)12(17)7-10/h5-7,17-18H,2-4H2,1H3. The molecule has 0 unspecified atom stereocenters. The second-order valence-corrected chi connectivity index (χ2v) is 4.78. The Morgan fingerprint density at radius 3 is 2.68 bits per heavy atom. The summed E-state index contributed by atoms with van der Waals surface area (Å²) in [4.78, 5) is 11.9. The number of methoxy groups -OCH3 is 1. The molecular weight excluding hydrogens is 244 g/mol. The number of benzene rings is 2. The maximum atomic E-state index is 11.9. The van der Waals surface area contributed by atoms with E-state index in [2.05, 4.69) is 0 Å². The number of phenols is 2. The van der Waals surface area contributed by atoms with Crippen molar-refractivity contribution >= 4 is 16.6 Å². The molecule has 0 saturated carbocycles. The van der Waals surface area contributed by atoms with Crippen LogP contribution in [-0.4, -0.2) is 23.1 Å². The number of carbonyl (C=O) groups is 1. The van der Waals surface area contributed by atoms with E-state index in [0.29, 0.717) is 28.5 Å². The van der Waals surface area contributed by atoms with Gasteiger partial charge in [0.15, 0.2) is 5.78 Å². The van der Waals surface area contributed by atoms with Gasteiger partial charge in [0.05, 0.1) is 18.1 Å². The molecule has 0 bridgehead atoms. The Bertz CT molecular complexity index is 688. The number of ether oxygens (including phenoxy) is 1. The molecule has 4 heteroatoms. The van der Waals surface area contributed by atoms with Crippen LogP contribution in [0.25, 0.3) is 10.8 Å². The highest BCUT2D eigenvalue weighted by Gasteiger charge is 2.24. The van der Waals surface area contributed by atoms with Crippen LogP contribution in [-0.2, 0) is 6.42 Å². The number of hydrogen-bond donors (Lipinski definition) is 2. The van der Waals surface area contributed by atoms with Gasteiger partial charge in [-0.15, -0.1) is 0 Å². The zero-order chi connectivity index (χ0) is 13.6. The van der Waals surface area contributed by atoms with Crippen LogP contribution in [0.1, 0.15) is 28.8 Å². The summed E-state index contributed by atoms with van der Waals surface area (Å²) in [6.07, 6.45) is 2.01. The summed E-state index contributed by atoms with van der Waals surface area (Å²) in [5, 5.41) is 21.3. The monoisotopic (exact) mass is 258 g/mol. The Labute approximate surface area is 110 Å². The van der Waals surface area contributed by atoms with E-state index in [1.165, 1.54) is 13.2 Å². The molecular formula is C15H14O4. The number of hydrogen-bond acceptors (Lipinski definition) is 4. The summed E-state index contributed by atoms with van der Waals surface area (Å²) in [5.41, 5.74) is 1.20. The number of carbonyl (C=O) groups excluding carboxylic acids is 1. The third-order valence-electron chi connectivity index (χ3n) is 3.61. The molecule has 0 amide bonds. The number of Topliss-reactive ketones (excluding diaryl/α,β-unsaturated/α-hetero) is 1. The first-order valence-electron chi connectivity index (χ1n) is 6.20. The Morgan fingerprint density at radius 1 is 1.16 bits per heavy atom. The second kappa shape index (κ2) is 4.16. The zero-order valence-electron chi connectivity index (χ0n) is 10.6. The first kappa shape index (κ1) is 11.8. The molecule has 1 aliphatic rings. The Morgan fingerprint density at radius 2 is 1.95 bits per heavy atom. The lowest BCUT2D eigenvalue weighted by Gasteiger charge is -2.18. The minimum absolute atomic E-state index is 0.0594. The highest BCUT2D eigenvalue weighted by Crippen LogP contribution is 2.42. The predicted octanol–water partition coefficient (Wildman–Crippen LogP) is 2.78. The number of rotatable bonds is 1. The molecule has 1 aliphatic carbocycles. The van der Waals surface area contributed by atoms with Crippen molar-refractivity contribution < 1.29 is 19.7 Å². The van der Waals surface area contributed by atoms with Crippen molar-refractivity contribution in [3.05, 3.63) is 29.3 Å². The lowest BCUT2D eigenvalue weighted by atomic mass is 9.87. The lowest BCUT2D eigenvalue weighted by Crippen LogP contribution is -2.11. The molecule has 0 saturated heterocycles. The minimum Gasteiger partial charge on any atom is -0.507 e. The van der Waals surface area contributed by atoms with Crippen LogP contribution in [0.15, 0.2) is 18.2 Å². The van der Waals surface area contributed by atoms with Crippen LogP contribution in [0.4, 0.5) is 0 Å². The van der Waals surface area contributed by atoms with Gasteiger partial charge in [-0.1, -0.05) is 0 Å². The van der Waals surface area contributed by atoms with E-state index in [9.17, 15) is 15.0 Å². The summed E-state index contributed by atoms with van der Waals surface area (Å²) in [5.74, 6) is 0.271. The molecule has 2 aromatic carbocycles. The molecule has 0 aliphatic heterocycles. The Kier molecular flexibility index (Phi) is 2.59. The van der Waals surface area contributed by atoms with E-state index in [0.717, 1.165) is 18.4 Å². The molecule has 0 fully saturated rings. The third kappa shape index (κ3) is 1.71. The number of aromatic hydroxyl groups is 2. The van der Waals surface area contributed by atoms with Crippen molar-refractivity contribution in [2.45, 2.75) is 19.3 Å². The fourth-order valence-electron chi connectivity index (χ4n) is 2.72. The van der Waals surface area contributed by atoms with Crippen molar-refractivity contribution in [1.82, 2.24) is 0 Å².